The van der Waals surface area contributed by atoms with E-state index in [9.17, 15) is 9.59 Å². The Morgan fingerprint density at radius 3 is 2.70 bits per heavy atom. The van der Waals surface area contributed by atoms with Crippen molar-refractivity contribution < 1.29 is 14.3 Å². The Hall–Kier alpha value is -1.93. The number of nitrogens with zero attached hydrogens (tertiary/aromatic N) is 2. The Balaban J connectivity index is 1.56. The summed E-state index contributed by atoms with van der Waals surface area (Å²) < 4.78 is 5.47. The highest BCUT2D eigenvalue weighted by Gasteiger charge is 2.35. The molecule has 0 unspecified atom stereocenters. The van der Waals surface area contributed by atoms with Crippen LogP contribution in [-0.4, -0.2) is 46.6 Å². The molecule has 0 aromatic carbocycles. The SMILES string of the molecule is Cc1nc(-c2ccsc2)sc1C(=O)NCCN(C(=O)OC(C)(C)C)C1CC1. The van der Waals surface area contributed by atoms with Gasteiger partial charge in [-0.1, -0.05) is 0 Å². The van der Waals surface area contributed by atoms with Crippen LogP contribution in [-0.2, 0) is 4.74 Å². The van der Waals surface area contributed by atoms with Crippen LogP contribution < -0.4 is 5.32 Å². The maximum Gasteiger partial charge on any atom is 0.410 e. The zero-order chi connectivity index (χ0) is 19.6. The third-order valence-corrected chi connectivity index (χ3v) is 5.91. The highest BCUT2D eigenvalue weighted by molar-refractivity contribution is 7.17. The number of hydrogen-bond acceptors (Lipinski definition) is 6. The summed E-state index contributed by atoms with van der Waals surface area (Å²) in [7, 11) is 0. The number of carbonyl (C=O) groups is 2. The van der Waals surface area contributed by atoms with Crippen LogP contribution in [0, 0.1) is 6.92 Å². The van der Waals surface area contributed by atoms with Crippen molar-refractivity contribution in [1.82, 2.24) is 15.2 Å². The molecule has 0 spiro atoms. The molecule has 0 bridgehead atoms. The Bertz CT molecular complexity index is 805. The zero-order valence-electron chi connectivity index (χ0n) is 16.1. The Morgan fingerprint density at radius 1 is 1.37 bits per heavy atom. The van der Waals surface area contributed by atoms with Gasteiger partial charge in [0.2, 0.25) is 0 Å². The number of aromatic nitrogens is 1. The van der Waals surface area contributed by atoms with E-state index < -0.39 is 5.60 Å². The maximum atomic E-state index is 12.5. The third kappa shape index (κ3) is 5.29. The second-order valence-corrected chi connectivity index (χ2v) is 9.39. The van der Waals surface area contributed by atoms with E-state index in [1.807, 2.05) is 44.5 Å². The number of thiophene rings is 1. The van der Waals surface area contributed by atoms with Gasteiger partial charge in [-0.15, -0.1) is 11.3 Å². The molecule has 1 saturated carbocycles. The molecule has 0 radical (unpaired) electrons. The molecule has 0 aliphatic heterocycles. The molecule has 146 valence electrons. The minimum atomic E-state index is -0.523. The first-order valence-electron chi connectivity index (χ1n) is 9.02. The van der Waals surface area contributed by atoms with Crippen LogP contribution in [0.4, 0.5) is 4.79 Å². The molecule has 8 heteroatoms. The van der Waals surface area contributed by atoms with E-state index in [0.29, 0.717) is 18.0 Å². The zero-order valence-corrected chi connectivity index (χ0v) is 17.7. The van der Waals surface area contributed by atoms with Crippen LogP contribution in [0.5, 0.6) is 0 Å². The topological polar surface area (TPSA) is 71.5 Å². The Kier molecular flexibility index (Phi) is 5.86. The second-order valence-electron chi connectivity index (χ2n) is 7.61. The lowest BCUT2D eigenvalue weighted by Gasteiger charge is -2.27. The lowest BCUT2D eigenvalue weighted by molar-refractivity contribution is 0.0234. The molecule has 2 aromatic rings. The fraction of sp³-hybridized carbons (Fsp3) is 0.526. The number of amides is 2. The van der Waals surface area contributed by atoms with E-state index in [-0.39, 0.29) is 18.0 Å². The highest BCUT2D eigenvalue weighted by Crippen LogP contribution is 2.30. The summed E-state index contributed by atoms with van der Waals surface area (Å²) in [5.41, 5.74) is 1.24. The summed E-state index contributed by atoms with van der Waals surface area (Å²) in [6.07, 6.45) is 1.67. The van der Waals surface area contributed by atoms with Crippen LogP contribution in [0.1, 0.15) is 49.0 Å². The minimum Gasteiger partial charge on any atom is -0.444 e. The number of hydrogen-bond donors (Lipinski definition) is 1. The van der Waals surface area contributed by atoms with Gasteiger partial charge >= 0.3 is 6.09 Å². The first-order valence-corrected chi connectivity index (χ1v) is 10.8. The lowest BCUT2D eigenvalue weighted by Crippen LogP contribution is -2.42. The summed E-state index contributed by atoms with van der Waals surface area (Å²) in [5, 5.41) is 7.78. The van der Waals surface area contributed by atoms with Gasteiger partial charge in [0, 0.05) is 30.1 Å². The van der Waals surface area contributed by atoms with Crippen molar-refractivity contribution in [1.29, 1.82) is 0 Å². The number of ether oxygens (including phenoxy) is 1. The molecule has 1 aliphatic carbocycles. The highest BCUT2D eigenvalue weighted by atomic mass is 32.1. The third-order valence-electron chi connectivity index (χ3n) is 4.02. The summed E-state index contributed by atoms with van der Waals surface area (Å²) >= 11 is 3.00. The van der Waals surface area contributed by atoms with Gasteiger partial charge in [0.15, 0.2) is 0 Å². The molecule has 0 atom stereocenters. The van der Waals surface area contributed by atoms with Gasteiger partial charge in [-0.25, -0.2) is 9.78 Å². The van der Waals surface area contributed by atoms with Crippen molar-refractivity contribution in [3.05, 3.63) is 27.4 Å². The van der Waals surface area contributed by atoms with E-state index in [1.165, 1.54) is 11.3 Å². The van der Waals surface area contributed by atoms with Crippen molar-refractivity contribution in [3.8, 4) is 10.6 Å². The largest absolute Gasteiger partial charge is 0.444 e. The predicted molar refractivity (Wildman–Crippen MR) is 108 cm³/mol. The average Bonchev–Trinajstić information content (AvgIpc) is 3.10. The predicted octanol–water partition coefficient (Wildman–Crippen LogP) is 4.31. The van der Waals surface area contributed by atoms with Gasteiger partial charge in [0.1, 0.15) is 15.5 Å². The summed E-state index contributed by atoms with van der Waals surface area (Å²) in [5.74, 6) is -0.147. The van der Waals surface area contributed by atoms with Crippen LogP contribution >= 0.6 is 22.7 Å². The molecule has 1 N–H and O–H groups in total. The van der Waals surface area contributed by atoms with Gasteiger partial charge in [-0.05, 0) is 52.0 Å². The van der Waals surface area contributed by atoms with Crippen molar-refractivity contribution >= 4 is 34.7 Å². The van der Waals surface area contributed by atoms with Gasteiger partial charge in [0.05, 0.1) is 5.69 Å². The standard InChI is InChI=1S/C19H25N3O3S2/c1-12-15(27-17(21-12)13-7-10-26-11-13)16(23)20-8-9-22(14-5-6-14)18(24)25-19(2,3)4/h7,10-11,14H,5-6,8-9H2,1-4H3,(H,20,23). The monoisotopic (exact) mass is 407 g/mol. The number of carbonyl (C=O) groups excluding carboxylic acids is 2. The minimum absolute atomic E-state index is 0.147. The van der Waals surface area contributed by atoms with Crippen molar-refractivity contribution in [3.63, 3.8) is 0 Å². The van der Waals surface area contributed by atoms with E-state index in [0.717, 1.165) is 29.1 Å². The Morgan fingerprint density at radius 2 is 2.11 bits per heavy atom. The van der Waals surface area contributed by atoms with Crippen LogP contribution in [0.25, 0.3) is 10.6 Å². The molecule has 1 fully saturated rings. The molecule has 1 aliphatic rings. The number of thiazole rings is 1. The lowest BCUT2D eigenvalue weighted by atomic mass is 10.2. The first kappa shape index (κ1) is 19.8. The van der Waals surface area contributed by atoms with Crippen molar-refractivity contribution in [2.24, 2.45) is 0 Å². The van der Waals surface area contributed by atoms with Crippen LogP contribution in [0.15, 0.2) is 16.8 Å². The van der Waals surface area contributed by atoms with Crippen molar-refractivity contribution in [2.75, 3.05) is 13.1 Å². The van der Waals surface area contributed by atoms with Gasteiger partial charge < -0.3 is 15.0 Å². The molecule has 0 saturated heterocycles. The average molecular weight is 408 g/mol. The summed E-state index contributed by atoms with van der Waals surface area (Å²) in [6, 6.07) is 2.23. The maximum absolute atomic E-state index is 12.5. The number of rotatable bonds is 6. The smallest absolute Gasteiger partial charge is 0.410 e. The normalized spacial score (nSPS) is 14.1. The van der Waals surface area contributed by atoms with E-state index in [1.54, 1.807) is 16.2 Å². The van der Waals surface area contributed by atoms with E-state index in [4.69, 9.17) is 4.74 Å². The molecule has 2 aromatic heterocycles. The molecular weight excluding hydrogens is 382 g/mol. The van der Waals surface area contributed by atoms with E-state index in [2.05, 4.69) is 10.3 Å². The van der Waals surface area contributed by atoms with Gasteiger partial charge in [0.25, 0.3) is 5.91 Å². The van der Waals surface area contributed by atoms with Gasteiger partial charge in [-0.2, -0.15) is 11.3 Å². The molecule has 27 heavy (non-hydrogen) atoms. The molecule has 2 heterocycles. The van der Waals surface area contributed by atoms with Gasteiger partial charge in [-0.3, -0.25) is 4.79 Å². The first-order chi connectivity index (χ1) is 12.7. The van der Waals surface area contributed by atoms with Crippen LogP contribution in [0.2, 0.25) is 0 Å². The molecule has 2 amide bonds. The fourth-order valence-electron chi connectivity index (χ4n) is 2.62. The Labute approximate surface area is 167 Å². The van der Waals surface area contributed by atoms with Crippen LogP contribution in [0.3, 0.4) is 0 Å². The summed E-state index contributed by atoms with van der Waals surface area (Å²) in [6.45, 7) is 8.25. The van der Waals surface area contributed by atoms with E-state index >= 15 is 0 Å². The molecule has 6 nitrogen and oxygen atoms in total. The summed E-state index contributed by atoms with van der Waals surface area (Å²) in [4.78, 5) is 31.7. The molecule has 3 rings (SSSR count). The fourth-order valence-corrected chi connectivity index (χ4v) is 4.31. The second kappa shape index (κ2) is 7.98. The van der Waals surface area contributed by atoms with Crippen molar-refractivity contribution in [2.45, 2.75) is 52.2 Å². The molecular formula is C19H25N3O3S2. The quantitative estimate of drug-likeness (QED) is 0.774. The number of nitrogens with one attached hydrogen (secondary N) is 1. The number of aryl methyl sites for hydroxylation is 1.